The van der Waals surface area contributed by atoms with Gasteiger partial charge in [0.2, 0.25) is 11.1 Å². The molecule has 0 radical (unpaired) electrons. The van der Waals surface area contributed by atoms with Crippen LogP contribution in [0, 0.1) is 19.7 Å². The van der Waals surface area contributed by atoms with Gasteiger partial charge in [0.05, 0.1) is 12.7 Å². The summed E-state index contributed by atoms with van der Waals surface area (Å²) in [6.07, 6.45) is 0. The molecule has 0 saturated carbocycles. The molecule has 194 valence electrons. The van der Waals surface area contributed by atoms with Crippen molar-refractivity contribution in [3.05, 3.63) is 106 Å². The number of carbonyl (C=O) groups is 1. The van der Waals surface area contributed by atoms with Crippen molar-refractivity contribution >= 4 is 29.3 Å². The first kappa shape index (κ1) is 25.5. The number of allylic oxidation sites excluding steroid dienone is 1. The van der Waals surface area contributed by atoms with Crippen molar-refractivity contribution in [2.45, 2.75) is 37.7 Å². The van der Waals surface area contributed by atoms with E-state index in [0.29, 0.717) is 39.4 Å². The maximum Gasteiger partial charge on any atom is 0.255 e. The Labute approximate surface area is 225 Å². The molecule has 7 nitrogen and oxygen atoms in total. The zero-order valence-electron chi connectivity index (χ0n) is 21.6. The summed E-state index contributed by atoms with van der Waals surface area (Å²) in [6.45, 7) is 5.85. The molecule has 1 unspecified atom stereocenters. The number of carbonyl (C=O) groups excluding carboxylic acids is 1. The molecule has 4 aromatic rings. The summed E-state index contributed by atoms with van der Waals surface area (Å²) in [5, 5.41) is 11.6. The summed E-state index contributed by atoms with van der Waals surface area (Å²) < 4.78 is 21.2. The van der Waals surface area contributed by atoms with Crippen LogP contribution in [-0.2, 0) is 10.5 Å². The number of halogens is 1. The average molecular weight is 530 g/mol. The summed E-state index contributed by atoms with van der Waals surface area (Å²) in [4.78, 5) is 18.4. The second kappa shape index (κ2) is 10.7. The highest BCUT2D eigenvalue weighted by Crippen LogP contribution is 2.37. The van der Waals surface area contributed by atoms with Crippen LogP contribution in [0.5, 0.6) is 5.75 Å². The standard InChI is InChI=1S/C29H28FN5O2S/c1-17-9-14-24(18(2)15-17)32-27(36)25-19(3)31-28-33-29(38-16-21-7-5-6-8-23(21)30)34-35(28)26(25)20-10-12-22(37-4)13-11-20/h5-15,26H,16H2,1-4H3,(H,32,36)(H,31,33,34). The molecule has 1 amide bonds. The molecule has 2 heterocycles. The van der Waals surface area contributed by atoms with Crippen LogP contribution in [0.1, 0.15) is 35.2 Å². The van der Waals surface area contributed by atoms with Crippen LogP contribution in [0.25, 0.3) is 0 Å². The maximum atomic E-state index is 14.2. The van der Waals surface area contributed by atoms with Gasteiger partial charge in [0.15, 0.2) is 0 Å². The van der Waals surface area contributed by atoms with E-state index in [1.807, 2.05) is 63.2 Å². The molecule has 2 N–H and O–H groups in total. The van der Waals surface area contributed by atoms with Gasteiger partial charge in [-0.05, 0) is 61.7 Å². The molecule has 38 heavy (non-hydrogen) atoms. The van der Waals surface area contributed by atoms with Crippen LogP contribution < -0.4 is 15.4 Å². The van der Waals surface area contributed by atoms with E-state index < -0.39 is 6.04 Å². The summed E-state index contributed by atoms with van der Waals surface area (Å²) >= 11 is 1.34. The number of amides is 1. The lowest BCUT2D eigenvalue weighted by atomic mass is 9.94. The monoisotopic (exact) mass is 529 g/mol. The highest BCUT2D eigenvalue weighted by atomic mass is 32.2. The normalized spacial score (nSPS) is 14.6. The molecule has 1 aliphatic rings. The van der Waals surface area contributed by atoms with E-state index >= 15 is 0 Å². The van der Waals surface area contributed by atoms with E-state index in [-0.39, 0.29) is 11.7 Å². The molecule has 1 atom stereocenters. The predicted octanol–water partition coefficient (Wildman–Crippen LogP) is 6.26. The first-order valence-electron chi connectivity index (χ1n) is 12.2. The van der Waals surface area contributed by atoms with Gasteiger partial charge in [-0.15, -0.1) is 5.10 Å². The molecule has 0 fully saturated rings. The summed E-state index contributed by atoms with van der Waals surface area (Å²) in [5.41, 5.74) is 5.49. The number of aromatic nitrogens is 3. The number of benzene rings is 3. The van der Waals surface area contributed by atoms with Crippen LogP contribution >= 0.6 is 11.8 Å². The van der Waals surface area contributed by atoms with Crippen LogP contribution in [0.15, 0.2) is 83.2 Å². The van der Waals surface area contributed by atoms with Gasteiger partial charge in [0.1, 0.15) is 17.6 Å². The molecule has 1 aliphatic heterocycles. The third-order valence-corrected chi connectivity index (χ3v) is 7.34. The van der Waals surface area contributed by atoms with Crippen molar-refractivity contribution in [1.29, 1.82) is 0 Å². The van der Waals surface area contributed by atoms with Gasteiger partial charge >= 0.3 is 0 Å². The molecular formula is C29H28FN5O2S. The van der Waals surface area contributed by atoms with E-state index in [1.165, 1.54) is 17.8 Å². The Balaban J connectivity index is 1.50. The Hall–Kier alpha value is -4.11. The third kappa shape index (κ3) is 5.15. The topological polar surface area (TPSA) is 81.1 Å². The maximum absolute atomic E-state index is 14.2. The van der Waals surface area contributed by atoms with Crippen LogP contribution in [0.2, 0.25) is 0 Å². The largest absolute Gasteiger partial charge is 0.497 e. The lowest BCUT2D eigenvalue weighted by Crippen LogP contribution is -2.31. The Morgan fingerprint density at radius 2 is 1.87 bits per heavy atom. The van der Waals surface area contributed by atoms with Crippen molar-refractivity contribution in [3.8, 4) is 5.75 Å². The second-order valence-electron chi connectivity index (χ2n) is 9.15. The smallest absolute Gasteiger partial charge is 0.255 e. The number of methoxy groups -OCH3 is 1. The van der Waals surface area contributed by atoms with Crippen molar-refractivity contribution in [1.82, 2.24) is 14.8 Å². The van der Waals surface area contributed by atoms with Crippen LogP contribution in [0.3, 0.4) is 0 Å². The van der Waals surface area contributed by atoms with E-state index in [4.69, 9.17) is 9.84 Å². The lowest BCUT2D eigenvalue weighted by Gasteiger charge is -2.29. The molecule has 0 bridgehead atoms. The van der Waals surface area contributed by atoms with E-state index in [1.54, 1.807) is 30.0 Å². The number of hydrogen-bond donors (Lipinski definition) is 2. The van der Waals surface area contributed by atoms with Gasteiger partial charge in [0.25, 0.3) is 5.91 Å². The van der Waals surface area contributed by atoms with Gasteiger partial charge in [-0.1, -0.05) is 59.8 Å². The van der Waals surface area contributed by atoms with Gasteiger partial charge < -0.3 is 15.4 Å². The Morgan fingerprint density at radius 3 is 2.58 bits per heavy atom. The highest BCUT2D eigenvalue weighted by molar-refractivity contribution is 7.98. The minimum atomic E-state index is -0.529. The van der Waals surface area contributed by atoms with Crippen LogP contribution in [0.4, 0.5) is 16.0 Å². The molecule has 0 spiro atoms. The number of fused-ring (bicyclic) bond motifs is 1. The van der Waals surface area contributed by atoms with E-state index in [0.717, 1.165) is 22.4 Å². The molecule has 3 aromatic carbocycles. The van der Waals surface area contributed by atoms with Crippen molar-refractivity contribution in [2.75, 3.05) is 17.7 Å². The number of thioether (sulfide) groups is 1. The highest BCUT2D eigenvalue weighted by Gasteiger charge is 2.34. The average Bonchev–Trinajstić information content (AvgIpc) is 3.31. The Kier molecular flexibility index (Phi) is 7.20. The number of anilines is 2. The van der Waals surface area contributed by atoms with Crippen molar-refractivity contribution < 1.29 is 13.9 Å². The summed E-state index contributed by atoms with van der Waals surface area (Å²) in [6, 6.07) is 19.6. The number of hydrogen-bond acceptors (Lipinski definition) is 6. The predicted molar refractivity (Wildman–Crippen MR) is 148 cm³/mol. The molecule has 0 saturated heterocycles. The van der Waals surface area contributed by atoms with E-state index in [9.17, 15) is 9.18 Å². The fourth-order valence-corrected chi connectivity index (χ4v) is 5.30. The second-order valence-corrected chi connectivity index (χ2v) is 10.1. The number of rotatable bonds is 7. The first-order valence-corrected chi connectivity index (χ1v) is 13.2. The minimum Gasteiger partial charge on any atom is -0.497 e. The number of aryl methyl sites for hydroxylation is 2. The number of nitrogens with one attached hydrogen (secondary N) is 2. The van der Waals surface area contributed by atoms with E-state index in [2.05, 4.69) is 15.6 Å². The van der Waals surface area contributed by atoms with Crippen LogP contribution in [-0.4, -0.2) is 27.8 Å². The zero-order chi connectivity index (χ0) is 26.8. The fourth-order valence-electron chi connectivity index (χ4n) is 4.48. The number of ether oxygens (including phenoxy) is 1. The SMILES string of the molecule is COc1ccc(C2C(C(=O)Nc3ccc(C)cc3C)=C(C)Nc3nc(SCc4ccccc4F)nn32)cc1. The summed E-state index contributed by atoms with van der Waals surface area (Å²) in [5.74, 6) is 1.12. The number of nitrogens with zero attached hydrogens (tertiary/aromatic N) is 3. The van der Waals surface area contributed by atoms with Gasteiger partial charge in [-0.3, -0.25) is 4.79 Å². The Bertz CT molecular complexity index is 1530. The Morgan fingerprint density at radius 1 is 1.11 bits per heavy atom. The molecule has 5 rings (SSSR count). The van der Waals surface area contributed by atoms with Crippen molar-refractivity contribution in [2.24, 2.45) is 0 Å². The third-order valence-electron chi connectivity index (χ3n) is 6.45. The zero-order valence-corrected chi connectivity index (χ0v) is 22.4. The van der Waals surface area contributed by atoms with Gasteiger partial charge in [0, 0.05) is 17.1 Å². The fraction of sp³-hybridized carbons (Fsp3) is 0.207. The van der Waals surface area contributed by atoms with Crippen molar-refractivity contribution in [3.63, 3.8) is 0 Å². The molecule has 1 aromatic heterocycles. The van der Waals surface area contributed by atoms with Gasteiger partial charge in [-0.25, -0.2) is 9.07 Å². The lowest BCUT2D eigenvalue weighted by molar-refractivity contribution is -0.113. The van der Waals surface area contributed by atoms with Gasteiger partial charge in [-0.2, -0.15) is 4.98 Å². The summed E-state index contributed by atoms with van der Waals surface area (Å²) in [7, 11) is 1.61. The first-order chi connectivity index (χ1) is 18.3. The molecule has 0 aliphatic carbocycles. The minimum absolute atomic E-state index is 0.232. The molecule has 9 heteroatoms. The quantitative estimate of drug-likeness (QED) is 0.275. The molecular weight excluding hydrogens is 501 g/mol.